The SMILES string of the molecule is COc1ccc(N2CCN([C@H](c3ccccc3OC)[C@@H](O)C(=O)c3c[nH]c4ccccc34)CC2)cc1. The predicted molar refractivity (Wildman–Crippen MR) is 141 cm³/mol. The quantitative estimate of drug-likeness (QED) is 0.363. The van der Waals surface area contributed by atoms with E-state index in [1.54, 1.807) is 20.4 Å². The van der Waals surface area contributed by atoms with E-state index >= 15 is 0 Å². The van der Waals surface area contributed by atoms with Gasteiger partial charge in [0.1, 0.15) is 17.6 Å². The maximum absolute atomic E-state index is 13.7. The molecular weight excluding hydrogens is 454 g/mol. The van der Waals surface area contributed by atoms with Gasteiger partial charge in [-0.3, -0.25) is 9.69 Å². The Morgan fingerprint density at radius 1 is 0.889 bits per heavy atom. The van der Waals surface area contributed by atoms with Crippen LogP contribution in [0, 0.1) is 0 Å². The van der Waals surface area contributed by atoms with Gasteiger partial charge in [-0.25, -0.2) is 0 Å². The van der Waals surface area contributed by atoms with Gasteiger partial charge in [0.2, 0.25) is 0 Å². The number of anilines is 1. The van der Waals surface area contributed by atoms with Crippen molar-refractivity contribution in [3.63, 3.8) is 0 Å². The number of aromatic amines is 1. The van der Waals surface area contributed by atoms with Crippen LogP contribution in [0.25, 0.3) is 10.9 Å². The molecule has 0 saturated carbocycles. The summed E-state index contributed by atoms with van der Waals surface area (Å²) < 4.78 is 10.9. The molecule has 1 aromatic heterocycles. The first-order valence-corrected chi connectivity index (χ1v) is 12.1. The van der Waals surface area contributed by atoms with Crippen LogP contribution in [-0.4, -0.2) is 67.3 Å². The van der Waals surface area contributed by atoms with Crippen LogP contribution in [0.3, 0.4) is 0 Å². The first kappa shape index (κ1) is 23.9. The average Bonchev–Trinajstić information content (AvgIpc) is 3.37. The number of Topliss-reactive ketones (excluding diaryl/α,β-unsaturated/α-hetero) is 1. The molecule has 2 N–H and O–H groups in total. The highest BCUT2D eigenvalue weighted by molar-refractivity contribution is 6.10. The number of rotatable bonds is 8. The molecule has 36 heavy (non-hydrogen) atoms. The van der Waals surface area contributed by atoms with Crippen LogP contribution < -0.4 is 14.4 Å². The molecule has 0 radical (unpaired) electrons. The molecule has 7 nitrogen and oxygen atoms in total. The Balaban J connectivity index is 1.43. The van der Waals surface area contributed by atoms with Gasteiger partial charge in [-0.15, -0.1) is 0 Å². The molecule has 1 fully saturated rings. The first-order chi connectivity index (χ1) is 17.6. The van der Waals surface area contributed by atoms with E-state index in [4.69, 9.17) is 9.47 Å². The third kappa shape index (κ3) is 4.55. The van der Waals surface area contributed by atoms with Crippen molar-refractivity contribution in [2.75, 3.05) is 45.3 Å². The molecule has 0 amide bonds. The molecule has 186 valence electrons. The second kappa shape index (κ2) is 10.4. The van der Waals surface area contributed by atoms with Crippen molar-refractivity contribution in [1.29, 1.82) is 0 Å². The van der Waals surface area contributed by atoms with Crippen molar-refractivity contribution < 1.29 is 19.4 Å². The molecule has 0 spiro atoms. The lowest BCUT2D eigenvalue weighted by Gasteiger charge is -2.42. The minimum atomic E-state index is -1.26. The van der Waals surface area contributed by atoms with Crippen LogP contribution in [0.1, 0.15) is 22.0 Å². The third-order valence-corrected chi connectivity index (χ3v) is 7.03. The summed E-state index contributed by atoms with van der Waals surface area (Å²) in [5.74, 6) is 1.18. The number of hydrogen-bond donors (Lipinski definition) is 2. The predicted octanol–water partition coefficient (Wildman–Crippen LogP) is 4.29. The highest BCUT2D eigenvalue weighted by atomic mass is 16.5. The van der Waals surface area contributed by atoms with Crippen molar-refractivity contribution in [3.8, 4) is 11.5 Å². The van der Waals surface area contributed by atoms with E-state index in [9.17, 15) is 9.90 Å². The zero-order valence-corrected chi connectivity index (χ0v) is 20.6. The molecule has 1 aliphatic heterocycles. The normalized spacial score (nSPS) is 16.0. The standard InChI is InChI=1S/C29H31N3O4/c1-35-21-13-11-20(12-14-21)31-15-17-32(18-16-31)27(23-8-4-6-10-26(23)36-2)29(34)28(33)24-19-30-25-9-5-3-7-22(24)25/h3-14,19,27,29-30,34H,15-18H2,1-2H3/t27-,29-/m1/s1. The number of hydrogen-bond acceptors (Lipinski definition) is 6. The lowest BCUT2D eigenvalue weighted by molar-refractivity contribution is 0.0359. The molecular formula is C29H31N3O4. The van der Waals surface area contributed by atoms with Gasteiger partial charge in [-0.2, -0.15) is 0 Å². The van der Waals surface area contributed by atoms with Crippen LogP contribution in [0.4, 0.5) is 5.69 Å². The number of carbonyl (C=O) groups is 1. The van der Waals surface area contributed by atoms with Crippen molar-refractivity contribution in [2.45, 2.75) is 12.1 Å². The lowest BCUT2D eigenvalue weighted by atomic mass is 9.92. The highest BCUT2D eigenvalue weighted by Gasteiger charge is 2.37. The van der Waals surface area contributed by atoms with Gasteiger partial charge in [-0.05, 0) is 36.4 Å². The molecule has 1 saturated heterocycles. The molecule has 5 rings (SSSR count). The minimum absolute atomic E-state index is 0.305. The van der Waals surface area contributed by atoms with E-state index in [1.807, 2.05) is 60.7 Å². The fourth-order valence-corrected chi connectivity index (χ4v) is 5.11. The van der Waals surface area contributed by atoms with Gasteiger partial charge in [0.05, 0.1) is 20.3 Å². The van der Waals surface area contributed by atoms with Gasteiger partial charge in [0.25, 0.3) is 0 Å². The molecule has 0 aliphatic carbocycles. The molecule has 3 aromatic carbocycles. The van der Waals surface area contributed by atoms with E-state index < -0.39 is 12.1 Å². The number of para-hydroxylation sites is 2. The van der Waals surface area contributed by atoms with Crippen LogP contribution in [0.2, 0.25) is 0 Å². The summed E-state index contributed by atoms with van der Waals surface area (Å²) in [6, 6.07) is 22.8. The van der Waals surface area contributed by atoms with Crippen LogP contribution in [0.15, 0.2) is 79.0 Å². The number of nitrogens with zero attached hydrogens (tertiary/aromatic N) is 2. The average molecular weight is 486 g/mol. The summed E-state index contributed by atoms with van der Waals surface area (Å²) >= 11 is 0. The number of ether oxygens (including phenoxy) is 2. The smallest absolute Gasteiger partial charge is 0.195 e. The number of piperazine rings is 1. The van der Waals surface area contributed by atoms with E-state index in [0.717, 1.165) is 41.0 Å². The number of fused-ring (bicyclic) bond motifs is 1. The monoisotopic (exact) mass is 485 g/mol. The van der Waals surface area contributed by atoms with Gasteiger partial charge < -0.3 is 24.5 Å². The molecule has 2 heterocycles. The second-order valence-corrected chi connectivity index (χ2v) is 8.96. The van der Waals surface area contributed by atoms with Gasteiger partial charge in [0, 0.05) is 60.1 Å². The fourth-order valence-electron chi connectivity index (χ4n) is 5.11. The fraction of sp³-hybridized carbons (Fsp3) is 0.276. The number of carbonyl (C=O) groups excluding carboxylic acids is 1. The maximum atomic E-state index is 13.7. The number of aliphatic hydroxyl groups is 1. The Labute approximate surface area is 210 Å². The van der Waals surface area contributed by atoms with Gasteiger partial charge in [-0.1, -0.05) is 36.4 Å². The highest BCUT2D eigenvalue weighted by Crippen LogP contribution is 2.35. The third-order valence-electron chi connectivity index (χ3n) is 7.03. The number of aromatic nitrogens is 1. The molecule has 4 aromatic rings. The van der Waals surface area contributed by atoms with E-state index in [1.165, 1.54) is 0 Å². The topological polar surface area (TPSA) is 78.0 Å². The Bertz CT molecular complexity index is 1330. The second-order valence-electron chi connectivity index (χ2n) is 8.96. The van der Waals surface area contributed by atoms with E-state index in [-0.39, 0.29) is 5.78 Å². The van der Waals surface area contributed by atoms with E-state index in [2.05, 4.69) is 26.9 Å². The van der Waals surface area contributed by atoms with Crippen molar-refractivity contribution in [1.82, 2.24) is 9.88 Å². The Kier molecular flexibility index (Phi) is 6.93. The maximum Gasteiger partial charge on any atom is 0.195 e. The Morgan fingerprint density at radius 2 is 1.58 bits per heavy atom. The Hall–Kier alpha value is -3.81. The minimum Gasteiger partial charge on any atom is -0.497 e. The number of nitrogens with one attached hydrogen (secondary N) is 1. The van der Waals surface area contributed by atoms with Crippen LogP contribution in [-0.2, 0) is 0 Å². The molecule has 1 aliphatic rings. The number of benzene rings is 3. The van der Waals surface area contributed by atoms with Crippen LogP contribution in [0.5, 0.6) is 11.5 Å². The van der Waals surface area contributed by atoms with Crippen LogP contribution >= 0.6 is 0 Å². The summed E-state index contributed by atoms with van der Waals surface area (Å²) in [6.45, 7) is 2.91. The van der Waals surface area contributed by atoms with Crippen molar-refractivity contribution in [2.24, 2.45) is 0 Å². The van der Waals surface area contributed by atoms with Crippen molar-refractivity contribution in [3.05, 3.63) is 90.1 Å². The summed E-state index contributed by atoms with van der Waals surface area (Å²) in [5, 5.41) is 12.4. The van der Waals surface area contributed by atoms with Crippen molar-refractivity contribution >= 4 is 22.4 Å². The van der Waals surface area contributed by atoms with Gasteiger partial charge in [0.15, 0.2) is 5.78 Å². The summed E-state index contributed by atoms with van der Waals surface area (Å²) in [7, 11) is 3.28. The van der Waals surface area contributed by atoms with Gasteiger partial charge >= 0.3 is 0 Å². The summed E-state index contributed by atoms with van der Waals surface area (Å²) in [4.78, 5) is 21.3. The number of ketones is 1. The van der Waals surface area contributed by atoms with E-state index in [0.29, 0.717) is 24.4 Å². The largest absolute Gasteiger partial charge is 0.497 e. The Morgan fingerprint density at radius 3 is 2.31 bits per heavy atom. The number of aliphatic hydroxyl groups excluding tert-OH is 1. The lowest BCUT2D eigenvalue weighted by Crippen LogP contribution is -2.51. The number of methoxy groups -OCH3 is 2. The summed E-state index contributed by atoms with van der Waals surface area (Å²) in [5.41, 5.74) is 3.29. The summed E-state index contributed by atoms with van der Waals surface area (Å²) in [6.07, 6.45) is 0.435. The number of H-pyrrole nitrogens is 1. The zero-order valence-electron chi connectivity index (χ0n) is 20.6. The molecule has 2 atom stereocenters. The molecule has 0 bridgehead atoms. The molecule has 0 unspecified atom stereocenters. The molecule has 7 heteroatoms. The first-order valence-electron chi connectivity index (χ1n) is 12.1. The zero-order chi connectivity index (χ0) is 25.1.